The van der Waals surface area contributed by atoms with Crippen molar-refractivity contribution in [1.82, 2.24) is 4.98 Å². The van der Waals surface area contributed by atoms with Crippen molar-refractivity contribution in [2.45, 2.75) is 13.8 Å². The summed E-state index contributed by atoms with van der Waals surface area (Å²) in [6.07, 6.45) is 1.76. The third-order valence-electron chi connectivity index (χ3n) is 2.28. The summed E-state index contributed by atoms with van der Waals surface area (Å²) < 4.78 is 5.12. The van der Waals surface area contributed by atoms with Crippen molar-refractivity contribution >= 4 is 5.69 Å². The first-order valence-electron chi connectivity index (χ1n) is 5.62. The molecule has 90 valence electrons. The molecule has 0 aliphatic carbocycles. The van der Waals surface area contributed by atoms with Crippen LogP contribution in [-0.2, 0) is 0 Å². The number of methoxy groups -OCH3 is 1. The number of rotatable bonds is 6. The van der Waals surface area contributed by atoms with Crippen molar-refractivity contribution in [2.24, 2.45) is 11.7 Å². The molecular weight excluding hydrogens is 202 g/mol. The minimum Gasteiger partial charge on any atom is -0.481 e. The van der Waals surface area contributed by atoms with Gasteiger partial charge in [0.25, 0.3) is 0 Å². The lowest BCUT2D eigenvalue weighted by molar-refractivity contribution is 0.398. The van der Waals surface area contributed by atoms with E-state index in [-0.39, 0.29) is 0 Å². The maximum absolute atomic E-state index is 5.62. The van der Waals surface area contributed by atoms with Crippen LogP contribution < -0.4 is 15.4 Å². The van der Waals surface area contributed by atoms with Crippen molar-refractivity contribution in [3.05, 3.63) is 18.3 Å². The Morgan fingerprint density at radius 1 is 1.50 bits per heavy atom. The zero-order valence-electron chi connectivity index (χ0n) is 10.3. The molecule has 16 heavy (non-hydrogen) atoms. The normalized spacial score (nSPS) is 10.6. The number of pyridine rings is 1. The molecule has 0 aliphatic heterocycles. The zero-order valence-corrected chi connectivity index (χ0v) is 10.3. The average Bonchev–Trinajstić information content (AvgIpc) is 2.28. The second-order valence-corrected chi connectivity index (χ2v) is 4.18. The monoisotopic (exact) mass is 223 g/mol. The van der Waals surface area contributed by atoms with Gasteiger partial charge < -0.3 is 15.4 Å². The largest absolute Gasteiger partial charge is 0.481 e. The Morgan fingerprint density at radius 2 is 2.25 bits per heavy atom. The van der Waals surface area contributed by atoms with Gasteiger partial charge in [-0.2, -0.15) is 0 Å². The fraction of sp³-hybridized carbons (Fsp3) is 0.583. The van der Waals surface area contributed by atoms with Crippen LogP contribution in [0.1, 0.15) is 13.8 Å². The van der Waals surface area contributed by atoms with Crippen LogP contribution in [0.4, 0.5) is 5.69 Å². The molecule has 4 heteroatoms. The Kier molecular flexibility index (Phi) is 5.05. The highest BCUT2D eigenvalue weighted by Crippen LogP contribution is 2.19. The number of hydrogen-bond donors (Lipinski definition) is 1. The second kappa shape index (κ2) is 6.33. The Labute approximate surface area is 97.4 Å². The average molecular weight is 223 g/mol. The maximum atomic E-state index is 5.62. The van der Waals surface area contributed by atoms with Gasteiger partial charge in [-0.15, -0.1) is 0 Å². The van der Waals surface area contributed by atoms with Crippen LogP contribution in [0.15, 0.2) is 18.3 Å². The highest BCUT2D eigenvalue weighted by Gasteiger charge is 2.08. The molecule has 0 spiro atoms. The van der Waals surface area contributed by atoms with E-state index in [0.29, 0.717) is 18.3 Å². The van der Waals surface area contributed by atoms with Crippen molar-refractivity contribution in [3.8, 4) is 5.88 Å². The Hall–Kier alpha value is -1.29. The molecule has 0 bridgehead atoms. The molecule has 1 aromatic heterocycles. The van der Waals surface area contributed by atoms with Crippen LogP contribution in [0, 0.1) is 5.92 Å². The molecule has 0 saturated heterocycles. The van der Waals surface area contributed by atoms with Crippen molar-refractivity contribution in [1.29, 1.82) is 0 Å². The third-order valence-corrected chi connectivity index (χ3v) is 2.28. The van der Waals surface area contributed by atoms with E-state index < -0.39 is 0 Å². The number of ether oxygens (including phenoxy) is 1. The Bertz CT molecular complexity index is 315. The molecule has 1 heterocycles. The molecule has 1 rings (SSSR count). The summed E-state index contributed by atoms with van der Waals surface area (Å²) in [5, 5.41) is 0. The number of aromatic nitrogens is 1. The van der Waals surface area contributed by atoms with Gasteiger partial charge >= 0.3 is 0 Å². The number of nitrogens with two attached hydrogens (primary N) is 1. The topological polar surface area (TPSA) is 51.4 Å². The van der Waals surface area contributed by atoms with Crippen molar-refractivity contribution in [2.75, 3.05) is 31.6 Å². The van der Waals surface area contributed by atoms with Gasteiger partial charge in [-0.3, -0.25) is 0 Å². The molecule has 0 aromatic carbocycles. The van der Waals surface area contributed by atoms with E-state index >= 15 is 0 Å². The van der Waals surface area contributed by atoms with Crippen LogP contribution in [0.25, 0.3) is 0 Å². The smallest absolute Gasteiger partial charge is 0.214 e. The molecule has 2 N–H and O–H groups in total. The lowest BCUT2D eigenvalue weighted by Crippen LogP contribution is -2.32. The van der Waals surface area contributed by atoms with Crippen LogP contribution in [-0.4, -0.2) is 31.7 Å². The van der Waals surface area contributed by atoms with Gasteiger partial charge in [0, 0.05) is 37.6 Å². The summed E-state index contributed by atoms with van der Waals surface area (Å²) in [5.74, 6) is 1.24. The SMILES string of the molecule is COc1cc(N(CCN)CC(C)C)ccn1. The molecule has 0 amide bonds. The molecule has 4 nitrogen and oxygen atoms in total. The summed E-state index contributed by atoms with van der Waals surface area (Å²) in [5.41, 5.74) is 6.74. The third kappa shape index (κ3) is 3.70. The van der Waals surface area contributed by atoms with E-state index in [2.05, 4.69) is 23.7 Å². The second-order valence-electron chi connectivity index (χ2n) is 4.18. The number of anilines is 1. The van der Waals surface area contributed by atoms with Crippen LogP contribution >= 0.6 is 0 Å². The zero-order chi connectivity index (χ0) is 12.0. The van der Waals surface area contributed by atoms with Gasteiger partial charge in [-0.1, -0.05) is 13.8 Å². The van der Waals surface area contributed by atoms with E-state index in [1.54, 1.807) is 13.3 Å². The van der Waals surface area contributed by atoms with E-state index in [1.807, 2.05) is 12.1 Å². The predicted octanol–water partition coefficient (Wildman–Crippen LogP) is 1.51. The quantitative estimate of drug-likeness (QED) is 0.794. The maximum Gasteiger partial charge on any atom is 0.214 e. The van der Waals surface area contributed by atoms with E-state index in [4.69, 9.17) is 10.5 Å². The van der Waals surface area contributed by atoms with Crippen LogP contribution in [0.3, 0.4) is 0 Å². The number of nitrogens with zero attached hydrogens (tertiary/aromatic N) is 2. The molecule has 0 aliphatic rings. The lowest BCUT2D eigenvalue weighted by atomic mass is 10.2. The Morgan fingerprint density at radius 3 is 2.81 bits per heavy atom. The first kappa shape index (κ1) is 12.8. The summed E-state index contributed by atoms with van der Waals surface area (Å²) in [6, 6.07) is 3.93. The van der Waals surface area contributed by atoms with E-state index in [0.717, 1.165) is 18.8 Å². The van der Waals surface area contributed by atoms with E-state index in [1.165, 1.54) is 0 Å². The lowest BCUT2D eigenvalue weighted by Gasteiger charge is -2.26. The van der Waals surface area contributed by atoms with Crippen molar-refractivity contribution < 1.29 is 4.74 Å². The molecule has 0 radical (unpaired) electrons. The van der Waals surface area contributed by atoms with Gasteiger partial charge in [0.05, 0.1) is 7.11 Å². The highest BCUT2D eigenvalue weighted by molar-refractivity contribution is 5.48. The van der Waals surface area contributed by atoms with Gasteiger partial charge in [0.1, 0.15) is 0 Å². The summed E-state index contributed by atoms with van der Waals surface area (Å²) in [4.78, 5) is 6.36. The molecule has 0 unspecified atom stereocenters. The van der Waals surface area contributed by atoms with Gasteiger partial charge in [-0.25, -0.2) is 4.98 Å². The highest BCUT2D eigenvalue weighted by atomic mass is 16.5. The van der Waals surface area contributed by atoms with Gasteiger partial charge in [0.2, 0.25) is 5.88 Å². The molecule has 0 fully saturated rings. The van der Waals surface area contributed by atoms with Gasteiger partial charge in [0.15, 0.2) is 0 Å². The molecule has 0 saturated carbocycles. The van der Waals surface area contributed by atoms with Crippen LogP contribution in [0.2, 0.25) is 0 Å². The minimum atomic E-state index is 0.603. The Balaban J connectivity index is 2.82. The summed E-state index contributed by atoms with van der Waals surface area (Å²) in [7, 11) is 1.63. The van der Waals surface area contributed by atoms with Gasteiger partial charge in [-0.05, 0) is 12.0 Å². The fourth-order valence-corrected chi connectivity index (χ4v) is 1.63. The molecule has 0 atom stereocenters. The summed E-state index contributed by atoms with van der Waals surface area (Å²) in [6.45, 7) is 6.89. The van der Waals surface area contributed by atoms with E-state index in [9.17, 15) is 0 Å². The number of hydrogen-bond acceptors (Lipinski definition) is 4. The first-order valence-corrected chi connectivity index (χ1v) is 5.62. The molecular formula is C12H21N3O. The minimum absolute atomic E-state index is 0.603. The molecule has 1 aromatic rings. The van der Waals surface area contributed by atoms with Crippen molar-refractivity contribution in [3.63, 3.8) is 0 Å². The summed E-state index contributed by atoms with van der Waals surface area (Å²) >= 11 is 0. The van der Waals surface area contributed by atoms with Crippen LogP contribution in [0.5, 0.6) is 5.88 Å². The standard InChI is InChI=1S/C12H21N3O/c1-10(2)9-15(7-5-13)11-4-6-14-12(8-11)16-3/h4,6,8,10H,5,7,9,13H2,1-3H3. The fourth-order valence-electron chi connectivity index (χ4n) is 1.63. The predicted molar refractivity (Wildman–Crippen MR) is 66.9 cm³/mol. The first-order chi connectivity index (χ1) is 7.67.